The van der Waals surface area contributed by atoms with Gasteiger partial charge in [0.25, 0.3) is 5.91 Å². The van der Waals surface area contributed by atoms with Gasteiger partial charge in [0.2, 0.25) is 0 Å². The van der Waals surface area contributed by atoms with Crippen molar-refractivity contribution in [2.24, 2.45) is 0 Å². The number of nitrogens with zero attached hydrogens (tertiary/aromatic N) is 3. The minimum Gasteiger partial charge on any atom is -0.493 e. The number of amides is 1. The standard InChI is InChI=1S/C25H24N4O3/c1-31-24-14-21(12-13-23(24)32-16-19-8-4-2-5-9-19)25(30)28-22(15-29-18-26-17-27-29)20-10-6-3-7-11-20/h2-14,17-18,22H,15-16H2,1H3,(H,28,30). The molecule has 4 aromatic rings. The van der Waals surface area contributed by atoms with Crippen LogP contribution < -0.4 is 14.8 Å². The molecule has 0 saturated heterocycles. The van der Waals surface area contributed by atoms with Crippen molar-refractivity contribution in [2.75, 3.05) is 7.11 Å². The maximum absolute atomic E-state index is 13.1. The molecule has 1 N–H and O–H groups in total. The molecule has 0 radical (unpaired) electrons. The number of nitrogens with one attached hydrogen (secondary N) is 1. The molecule has 162 valence electrons. The fraction of sp³-hybridized carbons (Fsp3) is 0.160. The summed E-state index contributed by atoms with van der Waals surface area (Å²) in [5, 5.41) is 7.26. The van der Waals surface area contributed by atoms with Crippen molar-refractivity contribution in [1.82, 2.24) is 20.1 Å². The molecule has 1 unspecified atom stereocenters. The molecule has 7 heteroatoms. The van der Waals surface area contributed by atoms with E-state index in [4.69, 9.17) is 9.47 Å². The molecule has 0 spiro atoms. The Bertz CT molecular complexity index is 1130. The van der Waals surface area contributed by atoms with Gasteiger partial charge in [-0.05, 0) is 29.3 Å². The fourth-order valence-electron chi connectivity index (χ4n) is 3.34. The number of carbonyl (C=O) groups is 1. The fourth-order valence-corrected chi connectivity index (χ4v) is 3.34. The van der Waals surface area contributed by atoms with Crippen LogP contribution >= 0.6 is 0 Å². The van der Waals surface area contributed by atoms with E-state index in [2.05, 4.69) is 15.4 Å². The SMILES string of the molecule is COc1cc(C(=O)NC(Cn2cncn2)c2ccccc2)ccc1OCc1ccccc1. The zero-order valence-corrected chi connectivity index (χ0v) is 17.7. The predicted molar refractivity (Wildman–Crippen MR) is 120 cm³/mol. The Labute approximate surface area is 186 Å². The summed E-state index contributed by atoms with van der Waals surface area (Å²) >= 11 is 0. The Hall–Kier alpha value is -4.13. The largest absolute Gasteiger partial charge is 0.493 e. The quantitative estimate of drug-likeness (QED) is 0.435. The Morgan fingerprint density at radius 3 is 2.44 bits per heavy atom. The van der Waals surface area contributed by atoms with Crippen LogP contribution in [0.1, 0.15) is 27.5 Å². The first-order valence-corrected chi connectivity index (χ1v) is 10.3. The van der Waals surface area contributed by atoms with Crippen molar-refractivity contribution < 1.29 is 14.3 Å². The lowest BCUT2D eigenvalue weighted by molar-refractivity contribution is 0.0931. The van der Waals surface area contributed by atoms with E-state index in [1.165, 1.54) is 6.33 Å². The van der Waals surface area contributed by atoms with Crippen molar-refractivity contribution in [2.45, 2.75) is 19.2 Å². The molecule has 3 aromatic carbocycles. The molecule has 32 heavy (non-hydrogen) atoms. The van der Waals surface area contributed by atoms with Gasteiger partial charge in [0.05, 0.1) is 19.7 Å². The summed E-state index contributed by atoms with van der Waals surface area (Å²) in [5.41, 5.74) is 2.51. The molecule has 0 saturated carbocycles. The first kappa shape index (κ1) is 21.1. The summed E-state index contributed by atoms with van der Waals surface area (Å²) < 4.78 is 13.1. The molecule has 1 atom stereocenters. The van der Waals surface area contributed by atoms with E-state index in [0.717, 1.165) is 11.1 Å². The van der Waals surface area contributed by atoms with Crippen LogP contribution in [0.4, 0.5) is 0 Å². The lowest BCUT2D eigenvalue weighted by atomic mass is 10.1. The average Bonchev–Trinajstić information content (AvgIpc) is 3.36. The molecule has 1 heterocycles. The monoisotopic (exact) mass is 428 g/mol. The third-order valence-corrected chi connectivity index (χ3v) is 5.01. The van der Waals surface area contributed by atoms with Gasteiger partial charge in [-0.25, -0.2) is 4.98 Å². The number of methoxy groups -OCH3 is 1. The Balaban J connectivity index is 1.49. The Morgan fingerprint density at radius 2 is 1.75 bits per heavy atom. The van der Waals surface area contributed by atoms with Gasteiger partial charge in [-0.15, -0.1) is 0 Å². The Kier molecular flexibility index (Phi) is 6.77. The van der Waals surface area contributed by atoms with Crippen LogP contribution in [0.15, 0.2) is 91.5 Å². The zero-order chi connectivity index (χ0) is 22.2. The van der Waals surface area contributed by atoms with Crippen LogP contribution in [0.5, 0.6) is 11.5 Å². The first-order valence-electron chi connectivity index (χ1n) is 10.3. The van der Waals surface area contributed by atoms with Crippen molar-refractivity contribution >= 4 is 5.91 Å². The number of benzene rings is 3. The topological polar surface area (TPSA) is 78.3 Å². The van der Waals surface area contributed by atoms with Gasteiger partial charge < -0.3 is 14.8 Å². The van der Waals surface area contributed by atoms with Crippen molar-refractivity contribution in [3.8, 4) is 11.5 Å². The van der Waals surface area contributed by atoms with Gasteiger partial charge >= 0.3 is 0 Å². The number of aromatic nitrogens is 3. The van der Waals surface area contributed by atoms with E-state index in [9.17, 15) is 4.79 Å². The molecule has 0 fully saturated rings. The number of carbonyl (C=O) groups excluding carboxylic acids is 1. The van der Waals surface area contributed by atoms with E-state index >= 15 is 0 Å². The smallest absolute Gasteiger partial charge is 0.251 e. The van der Waals surface area contributed by atoms with Crippen LogP contribution in [0.3, 0.4) is 0 Å². The first-order chi connectivity index (χ1) is 15.7. The van der Waals surface area contributed by atoms with E-state index in [-0.39, 0.29) is 11.9 Å². The van der Waals surface area contributed by atoms with E-state index < -0.39 is 0 Å². The molecule has 1 amide bonds. The van der Waals surface area contributed by atoms with E-state index in [1.54, 1.807) is 36.3 Å². The maximum Gasteiger partial charge on any atom is 0.251 e. The minimum absolute atomic E-state index is 0.216. The number of ether oxygens (including phenoxy) is 2. The molecular formula is C25H24N4O3. The summed E-state index contributed by atoms with van der Waals surface area (Å²) in [6.45, 7) is 0.877. The second-order valence-electron chi connectivity index (χ2n) is 7.19. The van der Waals surface area contributed by atoms with E-state index in [0.29, 0.717) is 30.2 Å². The van der Waals surface area contributed by atoms with E-state index in [1.807, 2.05) is 60.7 Å². The van der Waals surface area contributed by atoms with Crippen molar-refractivity contribution in [3.63, 3.8) is 0 Å². The highest BCUT2D eigenvalue weighted by Gasteiger charge is 2.18. The molecule has 0 aliphatic carbocycles. The highest BCUT2D eigenvalue weighted by Crippen LogP contribution is 2.29. The summed E-state index contributed by atoms with van der Waals surface area (Å²) in [6, 6.07) is 24.6. The third kappa shape index (κ3) is 5.31. The molecule has 0 aliphatic heterocycles. The molecule has 4 rings (SSSR count). The van der Waals surface area contributed by atoms with Gasteiger partial charge in [0.1, 0.15) is 19.3 Å². The van der Waals surface area contributed by atoms with Gasteiger partial charge in [0.15, 0.2) is 11.5 Å². The summed E-state index contributed by atoms with van der Waals surface area (Å²) in [7, 11) is 1.56. The maximum atomic E-state index is 13.1. The van der Waals surface area contributed by atoms with Crippen LogP contribution in [-0.4, -0.2) is 27.8 Å². The summed E-state index contributed by atoms with van der Waals surface area (Å²) in [5.74, 6) is 0.864. The third-order valence-electron chi connectivity index (χ3n) is 5.01. The highest BCUT2D eigenvalue weighted by molar-refractivity contribution is 5.95. The van der Waals surface area contributed by atoms with Crippen LogP contribution in [0, 0.1) is 0 Å². The zero-order valence-electron chi connectivity index (χ0n) is 17.7. The molecule has 1 aromatic heterocycles. The van der Waals surface area contributed by atoms with Crippen molar-refractivity contribution in [1.29, 1.82) is 0 Å². The summed E-state index contributed by atoms with van der Waals surface area (Å²) in [4.78, 5) is 17.0. The van der Waals surface area contributed by atoms with Crippen LogP contribution in [0.25, 0.3) is 0 Å². The number of rotatable bonds is 9. The van der Waals surface area contributed by atoms with Crippen LogP contribution in [-0.2, 0) is 13.2 Å². The molecule has 7 nitrogen and oxygen atoms in total. The molecule has 0 bridgehead atoms. The second-order valence-corrected chi connectivity index (χ2v) is 7.19. The predicted octanol–water partition coefficient (Wildman–Crippen LogP) is 4.04. The van der Waals surface area contributed by atoms with Gasteiger partial charge in [0, 0.05) is 5.56 Å². The highest BCUT2D eigenvalue weighted by atomic mass is 16.5. The number of hydrogen-bond acceptors (Lipinski definition) is 5. The number of hydrogen-bond donors (Lipinski definition) is 1. The summed E-state index contributed by atoms with van der Waals surface area (Å²) in [6.07, 6.45) is 3.10. The average molecular weight is 428 g/mol. The van der Waals surface area contributed by atoms with Crippen LogP contribution in [0.2, 0.25) is 0 Å². The Morgan fingerprint density at radius 1 is 1.00 bits per heavy atom. The normalized spacial score (nSPS) is 11.5. The van der Waals surface area contributed by atoms with Crippen molar-refractivity contribution in [3.05, 3.63) is 108 Å². The van der Waals surface area contributed by atoms with Gasteiger partial charge in [-0.1, -0.05) is 60.7 Å². The van der Waals surface area contributed by atoms with Gasteiger partial charge in [-0.2, -0.15) is 5.10 Å². The lowest BCUT2D eigenvalue weighted by Crippen LogP contribution is -2.31. The second kappa shape index (κ2) is 10.3. The molecular weight excluding hydrogens is 404 g/mol. The lowest BCUT2D eigenvalue weighted by Gasteiger charge is -2.20. The van der Waals surface area contributed by atoms with Gasteiger partial charge in [-0.3, -0.25) is 9.48 Å². The molecule has 0 aliphatic rings. The minimum atomic E-state index is -0.273.